The number of rotatable bonds is 6. The molecule has 4 aromatic rings. The Bertz CT molecular complexity index is 1340. The number of nitrogens with zero attached hydrogens (tertiary/aromatic N) is 6. The largest absolute Gasteiger partial charge is 0.378 e. The lowest BCUT2D eigenvalue weighted by Crippen LogP contribution is -2.36. The van der Waals surface area contributed by atoms with Gasteiger partial charge in [0.15, 0.2) is 0 Å². The molecule has 0 atom stereocenters. The molecule has 170 valence electrons. The van der Waals surface area contributed by atoms with Crippen LogP contribution < -0.4 is 15.5 Å². The minimum atomic E-state index is -0.296. The summed E-state index contributed by atoms with van der Waals surface area (Å²) in [5.74, 6) is 1.04. The van der Waals surface area contributed by atoms with Crippen LogP contribution in [-0.4, -0.2) is 57.1 Å². The lowest BCUT2D eigenvalue weighted by molar-refractivity contribution is -0.111. The van der Waals surface area contributed by atoms with Crippen molar-refractivity contribution in [3.8, 4) is 11.3 Å². The number of hydrogen-bond donors (Lipinski definition) is 2. The SMILES string of the molecule is C=CC(=O)Nc1ccnc(-c2cncc3cnc(Nc4ccc(N5CCOCC5)nc4)nc23)c1. The molecule has 5 rings (SSSR count). The van der Waals surface area contributed by atoms with Gasteiger partial charge in [0.1, 0.15) is 5.82 Å². The third-order valence-corrected chi connectivity index (χ3v) is 5.32. The van der Waals surface area contributed by atoms with E-state index in [1.807, 2.05) is 12.1 Å². The first-order chi connectivity index (χ1) is 16.7. The lowest BCUT2D eigenvalue weighted by atomic mass is 10.1. The number of amides is 1. The first-order valence-electron chi connectivity index (χ1n) is 10.8. The van der Waals surface area contributed by atoms with Crippen molar-refractivity contribution < 1.29 is 9.53 Å². The van der Waals surface area contributed by atoms with Crippen LogP contribution in [0.4, 0.5) is 23.1 Å². The van der Waals surface area contributed by atoms with Gasteiger partial charge in [0.05, 0.1) is 36.3 Å². The molecule has 0 spiro atoms. The molecule has 10 heteroatoms. The minimum Gasteiger partial charge on any atom is -0.378 e. The molecule has 0 unspecified atom stereocenters. The topological polar surface area (TPSA) is 118 Å². The first-order valence-corrected chi connectivity index (χ1v) is 10.8. The maximum absolute atomic E-state index is 11.7. The molecule has 0 radical (unpaired) electrons. The van der Waals surface area contributed by atoms with E-state index in [9.17, 15) is 4.79 Å². The monoisotopic (exact) mass is 454 g/mol. The number of ether oxygens (including phenoxy) is 1. The summed E-state index contributed by atoms with van der Waals surface area (Å²) in [6.45, 7) is 6.56. The van der Waals surface area contributed by atoms with E-state index in [0.717, 1.165) is 35.5 Å². The van der Waals surface area contributed by atoms with Crippen LogP contribution in [0.2, 0.25) is 0 Å². The fourth-order valence-electron chi connectivity index (χ4n) is 3.62. The standard InChI is InChI=1S/C24H22N8O2/c1-2-22(33)29-17-5-6-26-20(11-17)19-15-25-12-16-13-28-24(31-23(16)19)30-18-3-4-21(27-14-18)32-7-9-34-10-8-32/h2-6,11-15H,1,7-10H2,(H,26,29,33)(H,28,30,31). The number of nitrogens with one attached hydrogen (secondary N) is 2. The van der Waals surface area contributed by atoms with E-state index in [2.05, 4.69) is 42.0 Å². The third kappa shape index (κ3) is 4.66. The van der Waals surface area contributed by atoms with Crippen molar-refractivity contribution in [3.05, 3.63) is 67.9 Å². The minimum absolute atomic E-state index is 0.296. The van der Waals surface area contributed by atoms with Gasteiger partial charge in [0.2, 0.25) is 11.9 Å². The second-order valence-corrected chi connectivity index (χ2v) is 7.57. The van der Waals surface area contributed by atoms with E-state index >= 15 is 0 Å². The Morgan fingerprint density at radius 1 is 1.03 bits per heavy atom. The number of anilines is 4. The number of morpholine rings is 1. The summed E-state index contributed by atoms with van der Waals surface area (Å²) in [6, 6.07) is 7.39. The Balaban J connectivity index is 1.41. The maximum atomic E-state index is 11.7. The van der Waals surface area contributed by atoms with Crippen molar-refractivity contribution >= 4 is 40.0 Å². The van der Waals surface area contributed by atoms with Crippen LogP contribution in [0.1, 0.15) is 0 Å². The highest BCUT2D eigenvalue weighted by molar-refractivity contribution is 5.99. The predicted octanol–water partition coefficient (Wildman–Crippen LogP) is 3.19. The van der Waals surface area contributed by atoms with E-state index in [0.29, 0.717) is 36.1 Å². The highest BCUT2D eigenvalue weighted by Gasteiger charge is 2.13. The lowest BCUT2D eigenvalue weighted by Gasteiger charge is -2.27. The van der Waals surface area contributed by atoms with Crippen molar-refractivity contribution in [1.29, 1.82) is 0 Å². The van der Waals surface area contributed by atoms with Gasteiger partial charge in [0, 0.05) is 54.5 Å². The summed E-state index contributed by atoms with van der Waals surface area (Å²) in [5.41, 5.74) is 3.41. The van der Waals surface area contributed by atoms with Gasteiger partial charge in [-0.2, -0.15) is 0 Å². The molecule has 5 heterocycles. The van der Waals surface area contributed by atoms with E-state index in [1.165, 1.54) is 6.08 Å². The van der Waals surface area contributed by atoms with Crippen LogP contribution in [0.3, 0.4) is 0 Å². The summed E-state index contributed by atoms with van der Waals surface area (Å²) >= 11 is 0. The highest BCUT2D eigenvalue weighted by atomic mass is 16.5. The number of pyridine rings is 3. The van der Waals surface area contributed by atoms with Crippen molar-refractivity contribution in [2.24, 2.45) is 0 Å². The van der Waals surface area contributed by atoms with Gasteiger partial charge in [-0.1, -0.05) is 6.58 Å². The predicted molar refractivity (Wildman–Crippen MR) is 130 cm³/mol. The average molecular weight is 454 g/mol. The molecule has 1 amide bonds. The summed E-state index contributed by atoms with van der Waals surface area (Å²) < 4.78 is 5.40. The van der Waals surface area contributed by atoms with Gasteiger partial charge in [-0.3, -0.25) is 14.8 Å². The van der Waals surface area contributed by atoms with Gasteiger partial charge < -0.3 is 20.3 Å². The summed E-state index contributed by atoms with van der Waals surface area (Å²) in [6.07, 6.45) is 9.70. The Morgan fingerprint density at radius 3 is 2.71 bits per heavy atom. The Labute approximate surface area is 195 Å². The quantitative estimate of drug-likeness (QED) is 0.423. The second-order valence-electron chi connectivity index (χ2n) is 7.57. The van der Waals surface area contributed by atoms with E-state index < -0.39 is 0 Å². The van der Waals surface area contributed by atoms with Crippen LogP contribution in [0.15, 0.2) is 67.9 Å². The summed E-state index contributed by atoms with van der Waals surface area (Å²) in [5, 5.41) is 6.72. The number of aromatic nitrogens is 5. The molecule has 1 aliphatic rings. The Hall–Kier alpha value is -4.44. The number of carbonyl (C=O) groups is 1. The van der Waals surface area contributed by atoms with E-state index in [-0.39, 0.29) is 5.91 Å². The van der Waals surface area contributed by atoms with Crippen molar-refractivity contribution in [2.45, 2.75) is 0 Å². The van der Waals surface area contributed by atoms with Crippen LogP contribution in [0, 0.1) is 0 Å². The fraction of sp³-hybridized carbons (Fsp3) is 0.167. The van der Waals surface area contributed by atoms with Gasteiger partial charge in [0.25, 0.3) is 0 Å². The normalized spacial score (nSPS) is 13.5. The molecule has 0 aliphatic carbocycles. The Morgan fingerprint density at radius 2 is 1.91 bits per heavy atom. The van der Waals surface area contributed by atoms with Gasteiger partial charge in [-0.05, 0) is 30.3 Å². The maximum Gasteiger partial charge on any atom is 0.247 e. The molecule has 0 saturated carbocycles. The Kier molecular flexibility index (Phi) is 6.04. The van der Waals surface area contributed by atoms with Gasteiger partial charge in [-0.25, -0.2) is 15.0 Å². The molecular formula is C24H22N8O2. The summed E-state index contributed by atoms with van der Waals surface area (Å²) in [7, 11) is 0. The van der Waals surface area contributed by atoms with Crippen LogP contribution in [0.25, 0.3) is 22.2 Å². The van der Waals surface area contributed by atoms with E-state index in [4.69, 9.17) is 9.72 Å². The third-order valence-electron chi connectivity index (χ3n) is 5.32. The van der Waals surface area contributed by atoms with E-state index in [1.54, 1.807) is 43.1 Å². The molecular weight excluding hydrogens is 432 g/mol. The smallest absolute Gasteiger partial charge is 0.247 e. The number of hydrogen-bond acceptors (Lipinski definition) is 9. The molecule has 0 aromatic carbocycles. The molecule has 1 fully saturated rings. The van der Waals surface area contributed by atoms with Crippen LogP contribution in [-0.2, 0) is 9.53 Å². The number of carbonyl (C=O) groups excluding carboxylic acids is 1. The molecule has 2 N–H and O–H groups in total. The molecule has 4 aromatic heterocycles. The number of fused-ring (bicyclic) bond motifs is 1. The van der Waals surface area contributed by atoms with Crippen molar-refractivity contribution in [1.82, 2.24) is 24.9 Å². The van der Waals surface area contributed by atoms with Crippen molar-refractivity contribution in [3.63, 3.8) is 0 Å². The summed E-state index contributed by atoms with van der Waals surface area (Å²) in [4.78, 5) is 36.3. The van der Waals surface area contributed by atoms with Gasteiger partial charge in [-0.15, -0.1) is 0 Å². The molecule has 34 heavy (non-hydrogen) atoms. The molecule has 1 aliphatic heterocycles. The van der Waals surface area contributed by atoms with Crippen molar-refractivity contribution in [2.75, 3.05) is 41.8 Å². The highest BCUT2D eigenvalue weighted by Crippen LogP contribution is 2.27. The molecule has 1 saturated heterocycles. The second kappa shape index (κ2) is 9.59. The average Bonchev–Trinajstić information content (AvgIpc) is 2.89. The van der Waals surface area contributed by atoms with Gasteiger partial charge >= 0.3 is 0 Å². The molecule has 0 bridgehead atoms. The fourth-order valence-corrected chi connectivity index (χ4v) is 3.62. The zero-order chi connectivity index (χ0) is 23.3. The zero-order valence-electron chi connectivity index (χ0n) is 18.3. The van der Waals surface area contributed by atoms with Crippen LogP contribution in [0.5, 0.6) is 0 Å². The van der Waals surface area contributed by atoms with Crippen LogP contribution >= 0.6 is 0 Å². The molecule has 10 nitrogen and oxygen atoms in total. The first kappa shape index (κ1) is 21.4. The zero-order valence-corrected chi connectivity index (χ0v) is 18.3.